The lowest BCUT2D eigenvalue weighted by Crippen LogP contribution is -2.37. The number of nitrogens with zero attached hydrogens (tertiary/aromatic N) is 3. The van der Waals surface area contributed by atoms with Crippen LogP contribution >= 0.6 is 0 Å². The number of aromatic amines is 1. The molecule has 2 aliphatic rings. The first kappa shape index (κ1) is 22.0. The number of aromatic nitrogens is 3. The van der Waals surface area contributed by atoms with E-state index in [2.05, 4.69) is 47.3 Å². The van der Waals surface area contributed by atoms with Crippen LogP contribution in [0.3, 0.4) is 0 Å². The van der Waals surface area contributed by atoms with Gasteiger partial charge in [-0.25, -0.2) is 0 Å². The van der Waals surface area contributed by atoms with Gasteiger partial charge in [0.15, 0.2) is 5.69 Å². The summed E-state index contributed by atoms with van der Waals surface area (Å²) in [4.78, 5) is 18.8. The Bertz CT molecular complexity index is 1120. The Hall–Kier alpha value is -2.86. The summed E-state index contributed by atoms with van der Waals surface area (Å²) in [6.45, 7) is 7.19. The lowest BCUT2D eigenvalue weighted by molar-refractivity contribution is 0.0753. The van der Waals surface area contributed by atoms with Crippen molar-refractivity contribution in [2.45, 2.75) is 64.0 Å². The summed E-state index contributed by atoms with van der Waals surface area (Å²) in [6, 6.07) is 8.85. The number of H-pyrrole nitrogens is 1. The number of hydrogen-bond acceptors (Lipinski definition) is 3. The van der Waals surface area contributed by atoms with E-state index < -0.39 is 0 Å². The molecule has 1 aliphatic carbocycles. The van der Waals surface area contributed by atoms with Crippen LogP contribution in [-0.4, -0.2) is 51.2 Å². The van der Waals surface area contributed by atoms with Gasteiger partial charge in [0.1, 0.15) is 0 Å². The van der Waals surface area contributed by atoms with E-state index in [1.54, 1.807) is 0 Å². The van der Waals surface area contributed by atoms with Crippen LogP contribution in [0.5, 0.6) is 0 Å². The number of carbonyl (C=O) groups excluding carboxylic acids is 1. The second kappa shape index (κ2) is 9.96. The predicted molar refractivity (Wildman–Crippen MR) is 133 cm³/mol. The first-order valence-corrected chi connectivity index (χ1v) is 12.5. The minimum Gasteiger partial charge on any atom is -0.361 e. The molecule has 1 amide bonds. The van der Waals surface area contributed by atoms with Gasteiger partial charge < -0.3 is 15.2 Å². The van der Waals surface area contributed by atoms with Crippen molar-refractivity contribution in [3.8, 4) is 0 Å². The zero-order chi connectivity index (χ0) is 22.6. The molecule has 2 aromatic heterocycles. The van der Waals surface area contributed by atoms with Crippen molar-refractivity contribution in [3.05, 3.63) is 65.6 Å². The van der Waals surface area contributed by atoms with E-state index in [-0.39, 0.29) is 5.91 Å². The highest BCUT2D eigenvalue weighted by atomic mass is 16.2. The molecule has 0 spiro atoms. The Morgan fingerprint density at radius 1 is 1.21 bits per heavy atom. The topological polar surface area (TPSA) is 66.0 Å². The number of hydrogen-bond donors (Lipinski definition) is 2. The van der Waals surface area contributed by atoms with Crippen LogP contribution < -0.4 is 5.32 Å². The van der Waals surface area contributed by atoms with Gasteiger partial charge in [0, 0.05) is 47.5 Å². The quantitative estimate of drug-likeness (QED) is 0.534. The maximum absolute atomic E-state index is 13.4. The fraction of sp³-hybridized carbons (Fsp3) is 0.481. The van der Waals surface area contributed by atoms with Crippen LogP contribution in [-0.2, 0) is 25.8 Å². The monoisotopic (exact) mass is 445 g/mol. The minimum absolute atomic E-state index is 0.121. The largest absolute Gasteiger partial charge is 0.361 e. The summed E-state index contributed by atoms with van der Waals surface area (Å²) in [5, 5.41) is 9.87. The highest BCUT2D eigenvalue weighted by Crippen LogP contribution is 2.27. The molecular formula is C27H35N5O. The molecule has 1 saturated heterocycles. The maximum Gasteiger partial charge on any atom is 0.274 e. The highest BCUT2D eigenvalue weighted by Gasteiger charge is 2.31. The highest BCUT2D eigenvalue weighted by molar-refractivity contribution is 5.94. The van der Waals surface area contributed by atoms with E-state index in [1.807, 2.05) is 15.7 Å². The molecule has 0 bridgehead atoms. The molecule has 6 heteroatoms. The summed E-state index contributed by atoms with van der Waals surface area (Å²) in [5.41, 5.74) is 5.60. The zero-order valence-corrected chi connectivity index (χ0v) is 19.5. The van der Waals surface area contributed by atoms with Crippen LogP contribution in [0.1, 0.15) is 59.4 Å². The van der Waals surface area contributed by atoms with E-state index in [1.165, 1.54) is 35.0 Å². The van der Waals surface area contributed by atoms with Crippen LogP contribution in [0.2, 0.25) is 0 Å². The fourth-order valence-corrected chi connectivity index (χ4v) is 5.48. The van der Waals surface area contributed by atoms with Crippen molar-refractivity contribution in [1.82, 2.24) is 25.0 Å². The van der Waals surface area contributed by atoms with Crippen LogP contribution in [0.15, 0.2) is 43.1 Å². The molecular weight excluding hydrogens is 410 g/mol. The summed E-state index contributed by atoms with van der Waals surface area (Å²) < 4.78 is 2.01. The van der Waals surface area contributed by atoms with Crippen LogP contribution in [0, 0.1) is 0 Å². The van der Waals surface area contributed by atoms with E-state index in [0.717, 1.165) is 63.7 Å². The predicted octanol–water partition coefficient (Wildman–Crippen LogP) is 4.26. The number of benzene rings is 1. The van der Waals surface area contributed by atoms with Gasteiger partial charge in [-0.3, -0.25) is 9.48 Å². The number of para-hydroxylation sites is 1. The first-order valence-electron chi connectivity index (χ1n) is 12.5. The number of likely N-dealkylation sites (tertiary alicyclic amines) is 1. The van der Waals surface area contributed by atoms with Crippen molar-refractivity contribution < 1.29 is 4.79 Å². The molecule has 5 rings (SSSR count). The second-order valence-electron chi connectivity index (χ2n) is 9.45. The normalized spacial score (nSPS) is 18.8. The molecule has 1 atom stereocenters. The fourth-order valence-electron chi connectivity index (χ4n) is 5.48. The molecule has 1 unspecified atom stereocenters. The van der Waals surface area contributed by atoms with E-state index >= 15 is 0 Å². The number of allylic oxidation sites excluding steroid dienone is 1. The molecule has 3 aromatic rings. The Morgan fingerprint density at radius 2 is 2.03 bits per heavy atom. The van der Waals surface area contributed by atoms with Gasteiger partial charge >= 0.3 is 0 Å². The molecule has 1 fully saturated rings. The Labute approximate surface area is 196 Å². The average molecular weight is 446 g/mol. The molecule has 0 radical (unpaired) electrons. The first-order chi connectivity index (χ1) is 16.2. The van der Waals surface area contributed by atoms with Crippen LogP contribution in [0.4, 0.5) is 0 Å². The molecule has 6 nitrogen and oxygen atoms in total. The Balaban J connectivity index is 1.28. The Morgan fingerprint density at radius 3 is 2.85 bits per heavy atom. The van der Waals surface area contributed by atoms with Gasteiger partial charge in [0.2, 0.25) is 0 Å². The number of rotatable bonds is 7. The van der Waals surface area contributed by atoms with Crippen molar-refractivity contribution in [1.29, 1.82) is 0 Å². The zero-order valence-electron chi connectivity index (χ0n) is 19.5. The number of amides is 1. The van der Waals surface area contributed by atoms with Crippen molar-refractivity contribution in [2.75, 3.05) is 19.6 Å². The molecule has 2 N–H and O–H groups in total. The molecule has 0 saturated carbocycles. The molecule has 3 heterocycles. The van der Waals surface area contributed by atoms with Gasteiger partial charge in [0.05, 0.1) is 6.54 Å². The SMILES string of the molecule is C=CCn1nc(C(=O)N2CCCCCC2)c2c1CCC(NCCc1c[nH]c3ccccc13)C2. The van der Waals surface area contributed by atoms with Gasteiger partial charge in [-0.05, 0) is 56.7 Å². The van der Waals surface area contributed by atoms with E-state index in [0.29, 0.717) is 18.3 Å². The molecule has 1 aromatic carbocycles. The summed E-state index contributed by atoms with van der Waals surface area (Å²) in [5.74, 6) is 0.121. The summed E-state index contributed by atoms with van der Waals surface area (Å²) in [6.07, 6.45) is 12.5. The van der Waals surface area contributed by atoms with Gasteiger partial charge in [-0.2, -0.15) is 5.10 Å². The smallest absolute Gasteiger partial charge is 0.274 e. The summed E-state index contributed by atoms with van der Waals surface area (Å²) >= 11 is 0. The van der Waals surface area contributed by atoms with Crippen molar-refractivity contribution in [3.63, 3.8) is 0 Å². The number of nitrogens with one attached hydrogen (secondary N) is 2. The van der Waals surface area contributed by atoms with Gasteiger partial charge in [-0.1, -0.05) is 37.1 Å². The maximum atomic E-state index is 13.4. The van der Waals surface area contributed by atoms with Crippen molar-refractivity contribution in [2.24, 2.45) is 0 Å². The van der Waals surface area contributed by atoms with E-state index in [4.69, 9.17) is 5.10 Å². The molecule has 174 valence electrons. The third-order valence-electron chi connectivity index (χ3n) is 7.25. The molecule has 1 aliphatic heterocycles. The van der Waals surface area contributed by atoms with E-state index in [9.17, 15) is 4.79 Å². The van der Waals surface area contributed by atoms with Crippen molar-refractivity contribution >= 4 is 16.8 Å². The van der Waals surface area contributed by atoms with Gasteiger partial charge in [0.25, 0.3) is 5.91 Å². The lowest BCUT2D eigenvalue weighted by Gasteiger charge is -2.25. The third kappa shape index (κ3) is 4.62. The van der Waals surface area contributed by atoms with Crippen LogP contribution in [0.25, 0.3) is 10.9 Å². The molecule has 33 heavy (non-hydrogen) atoms. The lowest BCUT2D eigenvalue weighted by atomic mass is 9.91. The number of fused-ring (bicyclic) bond motifs is 2. The number of carbonyl (C=O) groups is 1. The summed E-state index contributed by atoms with van der Waals surface area (Å²) in [7, 11) is 0. The Kier molecular flexibility index (Phi) is 6.63. The average Bonchev–Trinajstić information content (AvgIpc) is 3.28. The van der Waals surface area contributed by atoms with Gasteiger partial charge in [-0.15, -0.1) is 6.58 Å². The second-order valence-corrected chi connectivity index (χ2v) is 9.45. The minimum atomic E-state index is 0.121. The standard InChI is InChI=1S/C27H35N5O/c1-2-15-32-25-12-11-21(28-14-13-20-19-29-24-10-6-5-9-22(20)24)18-23(25)26(30-32)27(33)31-16-7-3-4-8-17-31/h2,5-6,9-10,19,21,28-29H,1,3-4,7-8,11-18H2. The third-order valence-corrected chi connectivity index (χ3v) is 7.25.